The maximum absolute atomic E-state index is 5.68. The quantitative estimate of drug-likeness (QED) is 0.638. The molecule has 0 fully saturated rings. The van der Waals surface area contributed by atoms with Crippen LogP contribution in [0, 0.1) is 0 Å². The number of alkyl halides is 1. The molecule has 1 rings (SSSR count). The van der Waals surface area contributed by atoms with E-state index >= 15 is 0 Å². The van der Waals surface area contributed by atoms with Gasteiger partial charge in [0.05, 0.1) is 0 Å². The van der Waals surface area contributed by atoms with E-state index in [1.54, 1.807) is 0 Å². The molecule has 0 N–H and O–H groups in total. The minimum absolute atomic E-state index is 0.760. The van der Waals surface area contributed by atoms with Crippen molar-refractivity contribution in [1.29, 1.82) is 0 Å². The molecule has 0 aliphatic heterocycles. The van der Waals surface area contributed by atoms with Crippen molar-refractivity contribution in [2.24, 2.45) is 0 Å². The molecule has 0 saturated carbocycles. The second-order valence-electron chi connectivity index (χ2n) is 4.66. The molecule has 1 aromatic carbocycles. The summed E-state index contributed by atoms with van der Waals surface area (Å²) < 4.78 is 0. The summed E-state index contributed by atoms with van der Waals surface area (Å²) in [6.07, 6.45) is 4.62. The molecule has 0 aliphatic rings. The molecule has 96 valence electrons. The van der Waals surface area contributed by atoms with Gasteiger partial charge in [-0.15, -0.1) is 11.6 Å². The van der Waals surface area contributed by atoms with Gasteiger partial charge in [0.15, 0.2) is 0 Å². The van der Waals surface area contributed by atoms with Crippen molar-refractivity contribution in [3.05, 3.63) is 35.4 Å². The Labute approximate surface area is 111 Å². The van der Waals surface area contributed by atoms with Gasteiger partial charge in [-0.3, -0.25) is 0 Å². The predicted molar refractivity (Wildman–Crippen MR) is 77.0 cm³/mol. The lowest BCUT2D eigenvalue weighted by Gasteiger charge is -2.15. The predicted octanol–water partition coefficient (Wildman–Crippen LogP) is 3.74. The SMILES string of the molecule is CCCc1ccc(CCN(C)CCCCl)cc1. The van der Waals surface area contributed by atoms with Crippen molar-refractivity contribution in [2.75, 3.05) is 26.0 Å². The first kappa shape index (κ1) is 14.5. The molecule has 0 atom stereocenters. The molecule has 0 heterocycles. The number of hydrogen-bond acceptors (Lipinski definition) is 1. The lowest BCUT2D eigenvalue weighted by Crippen LogP contribution is -2.22. The third-order valence-corrected chi connectivity index (χ3v) is 3.28. The molecular weight excluding hydrogens is 230 g/mol. The van der Waals surface area contributed by atoms with E-state index in [1.165, 1.54) is 24.0 Å². The normalized spacial score (nSPS) is 11.1. The van der Waals surface area contributed by atoms with Gasteiger partial charge in [0, 0.05) is 12.4 Å². The first-order valence-electron chi connectivity index (χ1n) is 6.58. The van der Waals surface area contributed by atoms with Crippen LogP contribution < -0.4 is 0 Å². The molecule has 0 spiro atoms. The Morgan fingerprint density at radius 1 is 1.00 bits per heavy atom. The lowest BCUT2D eigenvalue weighted by atomic mass is 10.1. The summed E-state index contributed by atoms with van der Waals surface area (Å²) in [5, 5.41) is 0. The molecule has 0 amide bonds. The topological polar surface area (TPSA) is 3.24 Å². The number of benzene rings is 1. The van der Waals surface area contributed by atoms with Gasteiger partial charge in [-0.05, 0) is 44.0 Å². The van der Waals surface area contributed by atoms with Crippen LogP contribution >= 0.6 is 11.6 Å². The Morgan fingerprint density at radius 2 is 1.59 bits per heavy atom. The second-order valence-corrected chi connectivity index (χ2v) is 5.04. The monoisotopic (exact) mass is 253 g/mol. The minimum atomic E-state index is 0.760. The maximum Gasteiger partial charge on any atom is 0.0235 e. The van der Waals surface area contributed by atoms with E-state index < -0.39 is 0 Å². The van der Waals surface area contributed by atoms with Crippen LogP contribution in [0.5, 0.6) is 0 Å². The maximum atomic E-state index is 5.68. The Morgan fingerprint density at radius 3 is 2.12 bits per heavy atom. The fraction of sp³-hybridized carbons (Fsp3) is 0.600. The van der Waals surface area contributed by atoms with E-state index in [-0.39, 0.29) is 0 Å². The lowest BCUT2D eigenvalue weighted by molar-refractivity contribution is 0.340. The molecule has 0 aliphatic carbocycles. The standard InChI is InChI=1S/C15H24ClN/c1-3-5-14-6-8-15(9-7-14)10-13-17(2)12-4-11-16/h6-9H,3-5,10-13H2,1-2H3. The van der Waals surface area contributed by atoms with E-state index in [0.717, 1.165) is 31.8 Å². The van der Waals surface area contributed by atoms with Crippen molar-refractivity contribution in [1.82, 2.24) is 4.90 Å². The van der Waals surface area contributed by atoms with E-state index in [4.69, 9.17) is 11.6 Å². The smallest absolute Gasteiger partial charge is 0.0235 e. The zero-order valence-corrected chi connectivity index (χ0v) is 11.8. The molecule has 1 nitrogen and oxygen atoms in total. The Hall–Kier alpha value is -0.530. The van der Waals surface area contributed by atoms with Crippen molar-refractivity contribution in [3.8, 4) is 0 Å². The molecule has 0 aromatic heterocycles. The summed E-state index contributed by atoms with van der Waals surface area (Å²) in [7, 11) is 2.16. The molecule has 0 saturated heterocycles. The third-order valence-electron chi connectivity index (χ3n) is 3.02. The molecule has 1 aromatic rings. The minimum Gasteiger partial charge on any atom is -0.306 e. The van der Waals surface area contributed by atoms with Gasteiger partial charge in [0.1, 0.15) is 0 Å². The van der Waals surface area contributed by atoms with Gasteiger partial charge in [0.25, 0.3) is 0 Å². The highest BCUT2D eigenvalue weighted by Gasteiger charge is 1.99. The van der Waals surface area contributed by atoms with Gasteiger partial charge in [0.2, 0.25) is 0 Å². The summed E-state index contributed by atoms with van der Waals surface area (Å²) in [6, 6.07) is 9.05. The fourth-order valence-electron chi connectivity index (χ4n) is 1.92. The highest BCUT2D eigenvalue weighted by molar-refractivity contribution is 6.17. The van der Waals surface area contributed by atoms with Crippen LogP contribution in [0.25, 0.3) is 0 Å². The van der Waals surface area contributed by atoms with Crippen LogP contribution in [0.1, 0.15) is 30.9 Å². The number of likely N-dealkylation sites (N-methyl/N-ethyl adjacent to an activating group) is 1. The van der Waals surface area contributed by atoms with Crippen molar-refractivity contribution in [3.63, 3.8) is 0 Å². The van der Waals surface area contributed by atoms with Crippen LogP contribution in [0.2, 0.25) is 0 Å². The fourth-order valence-corrected chi connectivity index (χ4v) is 2.04. The van der Waals surface area contributed by atoms with E-state index in [2.05, 4.69) is 43.1 Å². The number of rotatable bonds is 8. The second kappa shape index (κ2) is 8.54. The van der Waals surface area contributed by atoms with Gasteiger partial charge >= 0.3 is 0 Å². The van der Waals surface area contributed by atoms with Crippen LogP contribution in [0.3, 0.4) is 0 Å². The first-order valence-corrected chi connectivity index (χ1v) is 7.12. The van der Waals surface area contributed by atoms with Gasteiger partial charge < -0.3 is 4.90 Å². The van der Waals surface area contributed by atoms with E-state index in [0.29, 0.717) is 0 Å². The third kappa shape index (κ3) is 6.09. The van der Waals surface area contributed by atoms with E-state index in [9.17, 15) is 0 Å². The highest BCUT2D eigenvalue weighted by Crippen LogP contribution is 2.07. The number of aryl methyl sites for hydroxylation is 1. The average Bonchev–Trinajstić information content (AvgIpc) is 2.36. The van der Waals surface area contributed by atoms with Crippen LogP contribution in [0.15, 0.2) is 24.3 Å². The summed E-state index contributed by atoms with van der Waals surface area (Å²) in [5.74, 6) is 0.760. The first-order chi connectivity index (χ1) is 8.26. The van der Waals surface area contributed by atoms with Crippen molar-refractivity contribution in [2.45, 2.75) is 32.6 Å². The van der Waals surface area contributed by atoms with Crippen LogP contribution in [-0.4, -0.2) is 30.9 Å². The molecule has 17 heavy (non-hydrogen) atoms. The molecule has 0 unspecified atom stereocenters. The average molecular weight is 254 g/mol. The van der Waals surface area contributed by atoms with Gasteiger partial charge in [-0.2, -0.15) is 0 Å². The summed E-state index contributed by atoms with van der Waals surface area (Å²) in [4.78, 5) is 2.35. The van der Waals surface area contributed by atoms with Crippen LogP contribution in [0.4, 0.5) is 0 Å². The number of hydrogen-bond donors (Lipinski definition) is 0. The van der Waals surface area contributed by atoms with Gasteiger partial charge in [-0.25, -0.2) is 0 Å². The Kier molecular flexibility index (Phi) is 7.30. The Bertz CT molecular complexity index is 294. The van der Waals surface area contributed by atoms with Crippen LogP contribution in [-0.2, 0) is 12.8 Å². The van der Waals surface area contributed by atoms with Gasteiger partial charge in [-0.1, -0.05) is 37.6 Å². The summed E-state index contributed by atoms with van der Waals surface area (Å²) >= 11 is 5.68. The molecule has 0 radical (unpaired) electrons. The Balaban J connectivity index is 2.31. The number of halogens is 1. The highest BCUT2D eigenvalue weighted by atomic mass is 35.5. The van der Waals surface area contributed by atoms with E-state index in [1.807, 2.05) is 0 Å². The zero-order valence-electron chi connectivity index (χ0n) is 11.1. The largest absolute Gasteiger partial charge is 0.306 e. The molecule has 0 bridgehead atoms. The summed E-state index contributed by atoms with van der Waals surface area (Å²) in [6.45, 7) is 4.43. The molecule has 2 heteroatoms. The zero-order chi connectivity index (χ0) is 12.5. The van der Waals surface area contributed by atoms with Crippen molar-refractivity contribution < 1.29 is 0 Å². The summed E-state index contributed by atoms with van der Waals surface area (Å²) in [5.41, 5.74) is 2.88. The molecular formula is C15H24ClN. The number of nitrogens with zero attached hydrogens (tertiary/aromatic N) is 1. The van der Waals surface area contributed by atoms with Crippen molar-refractivity contribution >= 4 is 11.6 Å².